The third-order valence-corrected chi connectivity index (χ3v) is 8.07. The number of carbonyl (C=O) groups excluding carboxylic acids is 2. The summed E-state index contributed by atoms with van der Waals surface area (Å²) in [5, 5.41) is 17.8. The molecule has 0 saturated heterocycles. The summed E-state index contributed by atoms with van der Waals surface area (Å²) in [6.45, 7) is 1.94. The number of hydrogen-bond acceptors (Lipinski definition) is 10. The van der Waals surface area contributed by atoms with E-state index in [0.29, 0.717) is 0 Å². The molecular formula is C28H30Cu2O10P2Pd. The van der Waals surface area contributed by atoms with E-state index in [-0.39, 0.29) is 68.0 Å². The fourth-order valence-electron chi connectivity index (χ4n) is 2.43. The zero-order valence-electron chi connectivity index (χ0n) is 22.8. The normalized spacial score (nSPS) is 9.81. The van der Waals surface area contributed by atoms with E-state index in [2.05, 4.69) is 0 Å². The zero-order chi connectivity index (χ0) is 28.7. The van der Waals surface area contributed by atoms with Crippen LogP contribution >= 0.6 is 19.8 Å². The van der Waals surface area contributed by atoms with Gasteiger partial charge in [0.1, 0.15) is 0 Å². The molecule has 0 saturated carbocycles. The van der Waals surface area contributed by atoms with Crippen LogP contribution in [-0.2, 0) is 57.8 Å². The van der Waals surface area contributed by atoms with Gasteiger partial charge in [0.05, 0.1) is 0 Å². The molecule has 6 rings (SSSR count). The van der Waals surface area contributed by atoms with Crippen molar-refractivity contribution in [1.82, 2.24) is 0 Å². The molecule has 0 aliphatic heterocycles. The first kappa shape index (κ1) is 40.2. The van der Waals surface area contributed by atoms with Gasteiger partial charge in [0, 0.05) is 11.9 Å². The van der Waals surface area contributed by atoms with E-state index in [1.807, 2.05) is 72.8 Å². The summed E-state index contributed by atoms with van der Waals surface area (Å²) in [6, 6.07) is 22.7. The standard InChI is InChI=1S/6C4H3O.2C2H4O2.2Cu.2H3P.Pd/c6*1-2-4-5-3-1;2*1-2(3)4;;;;;/h6*1-3H;2*1H3,(H,3,4);;;2*1H3;/q;;;;;;;;;;;;+2/p-2. The molecule has 0 amide bonds. The van der Waals surface area contributed by atoms with Crippen molar-refractivity contribution in [3.05, 3.63) is 110 Å². The number of rotatable bonds is 6. The minimum absolute atomic E-state index is 0. The Labute approximate surface area is 276 Å². The van der Waals surface area contributed by atoms with Crippen LogP contribution in [0.5, 0.6) is 0 Å². The molecule has 244 valence electrons. The third kappa shape index (κ3) is 13.6. The molecule has 0 aromatic carbocycles. The molecule has 0 aliphatic rings. The van der Waals surface area contributed by atoms with Crippen molar-refractivity contribution >= 4 is 59.7 Å². The molecule has 15 heteroatoms. The van der Waals surface area contributed by atoms with Gasteiger partial charge in [0.25, 0.3) is 0 Å². The van der Waals surface area contributed by atoms with E-state index in [4.69, 9.17) is 46.3 Å². The molecule has 0 aliphatic carbocycles. The molecule has 10 nitrogen and oxygen atoms in total. The second-order valence-corrected chi connectivity index (χ2v) is 10.9. The van der Waals surface area contributed by atoms with Gasteiger partial charge in [0.2, 0.25) is 0 Å². The second kappa shape index (κ2) is 21.8. The van der Waals surface area contributed by atoms with Gasteiger partial charge in [-0.2, -0.15) is 19.8 Å². The van der Waals surface area contributed by atoms with Crippen LogP contribution in [0.2, 0.25) is 0 Å². The number of aliphatic carboxylic acids is 2. The van der Waals surface area contributed by atoms with Crippen LogP contribution < -0.4 is 38.2 Å². The average Bonchev–Trinajstić information content (AvgIpc) is 3.72. The number of carboxylic acid groups (broad SMARTS) is 2. The van der Waals surface area contributed by atoms with Crippen molar-refractivity contribution in [2.24, 2.45) is 0 Å². The first-order valence-corrected chi connectivity index (χ1v) is 13.9. The maximum atomic E-state index is 8.89. The van der Waals surface area contributed by atoms with Gasteiger partial charge in [0.15, 0.2) is 0 Å². The first-order valence-electron chi connectivity index (χ1n) is 11.1. The maximum absolute atomic E-state index is 8.89. The molecule has 6 aromatic heterocycles. The van der Waals surface area contributed by atoms with Crippen LogP contribution in [0, 0.1) is 0 Å². The van der Waals surface area contributed by atoms with E-state index in [1.54, 1.807) is 37.6 Å². The van der Waals surface area contributed by atoms with Crippen LogP contribution in [0.1, 0.15) is 13.8 Å². The second-order valence-electron chi connectivity index (χ2n) is 6.71. The Bertz CT molecular complexity index is 1180. The Balaban J connectivity index is 0.000000625. The molecule has 2 unspecified atom stereocenters. The Morgan fingerprint density at radius 3 is 0.698 bits per heavy atom. The van der Waals surface area contributed by atoms with E-state index in [1.165, 1.54) is 0 Å². The summed E-state index contributed by atoms with van der Waals surface area (Å²) in [7, 11) is 0. The summed E-state index contributed by atoms with van der Waals surface area (Å²) in [6.07, 6.45) is 9.91. The number of hydrogen-bond donors (Lipinski definition) is 0. The van der Waals surface area contributed by atoms with Crippen molar-refractivity contribution < 1.29 is 94.5 Å². The van der Waals surface area contributed by atoms with Crippen LogP contribution in [0.3, 0.4) is 0 Å². The molecule has 0 N–H and O–H groups in total. The molecule has 2 atom stereocenters. The number of carboxylic acids is 2. The van der Waals surface area contributed by atoms with E-state index in [0.717, 1.165) is 41.8 Å². The van der Waals surface area contributed by atoms with Crippen LogP contribution in [0.15, 0.2) is 137 Å². The zero-order valence-corrected chi connectivity index (χ0v) is 29.1. The molecule has 43 heavy (non-hydrogen) atoms. The Kier molecular flexibility index (Phi) is 20.4. The quantitative estimate of drug-likeness (QED) is 0.170. The van der Waals surface area contributed by atoms with Gasteiger partial charge in [-0.3, -0.25) is 0 Å². The first-order chi connectivity index (χ1) is 19.4. The Hall–Kier alpha value is -2.82. The molecule has 6 aromatic rings. The van der Waals surface area contributed by atoms with Crippen molar-refractivity contribution in [3.8, 4) is 0 Å². The predicted molar refractivity (Wildman–Crippen MR) is 154 cm³/mol. The summed E-state index contributed by atoms with van der Waals surface area (Å²) in [5.41, 5.74) is 0. The van der Waals surface area contributed by atoms with E-state index < -0.39 is 11.9 Å². The minimum atomic E-state index is -1.08. The van der Waals surface area contributed by atoms with E-state index in [9.17, 15) is 0 Å². The van der Waals surface area contributed by atoms with Crippen LogP contribution in [-0.4, -0.2) is 11.9 Å². The van der Waals surface area contributed by atoms with Crippen molar-refractivity contribution in [3.63, 3.8) is 0 Å². The molecule has 0 radical (unpaired) electrons. The fourth-order valence-corrected chi connectivity index (χ4v) is 6.34. The van der Waals surface area contributed by atoms with E-state index >= 15 is 0 Å². The molecule has 0 fully saturated rings. The molecule has 6 heterocycles. The Morgan fingerprint density at radius 2 is 0.605 bits per heavy atom. The van der Waals surface area contributed by atoms with Crippen LogP contribution in [0.25, 0.3) is 0 Å². The van der Waals surface area contributed by atoms with Crippen molar-refractivity contribution in [2.45, 2.75) is 13.8 Å². The third-order valence-electron chi connectivity index (χ3n) is 3.68. The topological polar surface area (TPSA) is 159 Å². The van der Waals surface area contributed by atoms with Crippen molar-refractivity contribution in [1.29, 1.82) is 0 Å². The van der Waals surface area contributed by atoms with Gasteiger partial charge >= 0.3 is 213 Å². The summed E-state index contributed by atoms with van der Waals surface area (Å²) < 4.78 is 37.6. The summed E-state index contributed by atoms with van der Waals surface area (Å²) in [4.78, 5) is 17.8. The van der Waals surface area contributed by atoms with Gasteiger partial charge < -0.3 is 19.8 Å². The number of carbonyl (C=O) groups is 2. The summed E-state index contributed by atoms with van der Waals surface area (Å²) in [5.74, 6) is -2.17. The molecule has 0 bridgehead atoms. The van der Waals surface area contributed by atoms with Gasteiger partial charge in [-0.25, -0.2) is 0 Å². The number of furan rings is 6. The molecular weight excluding hydrogens is 792 g/mol. The SMILES string of the molecule is CC(=O)[O-].CC(=O)[O-].P.P.[Pd+2].c1co[c]([Cu]([c]2ccco2)[c]2ccco2)c1.c1co[c]([Cu]([c]2ccco2)[c]2ccco2)c1. The molecule has 0 spiro atoms. The fraction of sp³-hybridized carbons (Fsp3) is 0.0714. The van der Waals surface area contributed by atoms with Gasteiger partial charge in [-0.15, -0.1) is 0 Å². The van der Waals surface area contributed by atoms with Crippen molar-refractivity contribution in [2.75, 3.05) is 0 Å². The Morgan fingerprint density at radius 1 is 0.465 bits per heavy atom. The predicted octanol–water partition coefficient (Wildman–Crippen LogP) is 0.346. The monoisotopic (exact) mass is 820 g/mol. The summed E-state index contributed by atoms with van der Waals surface area (Å²) >= 11 is -0.688. The van der Waals surface area contributed by atoms with Crippen LogP contribution in [0.4, 0.5) is 0 Å². The van der Waals surface area contributed by atoms with Gasteiger partial charge in [-0.1, -0.05) is 0 Å². The average molecular weight is 822 g/mol. The van der Waals surface area contributed by atoms with Gasteiger partial charge in [-0.05, 0) is 13.8 Å².